The maximum atomic E-state index is 6.75. The van der Waals surface area contributed by atoms with Gasteiger partial charge < -0.3 is 9.47 Å². The molecule has 0 amide bonds. The molecule has 0 aliphatic heterocycles. The molecule has 0 aromatic rings. The van der Waals surface area contributed by atoms with Crippen molar-refractivity contribution in [2.45, 2.75) is 13.2 Å². The van der Waals surface area contributed by atoms with Crippen molar-refractivity contribution in [1.82, 2.24) is 0 Å². The van der Waals surface area contributed by atoms with Gasteiger partial charge in [0.1, 0.15) is 0 Å². The zero-order valence-electron chi connectivity index (χ0n) is 5.97. The highest BCUT2D eigenvalue weighted by Crippen LogP contribution is 1.82. The number of hydrogen-bond donors (Lipinski definition) is 0. The van der Waals surface area contributed by atoms with Gasteiger partial charge in [-0.25, -0.2) is 0 Å². The molecule has 6 heavy (non-hydrogen) atoms. The molecule has 2 heteroatoms. The van der Waals surface area contributed by atoms with E-state index in [9.17, 15) is 0 Å². The van der Waals surface area contributed by atoms with Crippen molar-refractivity contribution in [3.05, 3.63) is 0 Å². The third-order valence-electron chi connectivity index (χ3n) is 0.465. The van der Waals surface area contributed by atoms with E-state index in [4.69, 9.17) is 2.74 Å². The van der Waals surface area contributed by atoms with Gasteiger partial charge in [-0.05, 0) is 6.88 Å². The van der Waals surface area contributed by atoms with Crippen LogP contribution in [0.15, 0.2) is 0 Å². The predicted octanol–water partition coefficient (Wildman–Crippen LogP) is 0.625. The van der Waals surface area contributed by atoms with Gasteiger partial charge in [0.05, 0.1) is 0 Å². The SMILES string of the molecule is [2H]C([2H])C(OC)OC. The quantitative estimate of drug-likeness (QED) is 0.465. The summed E-state index contributed by atoms with van der Waals surface area (Å²) >= 11 is 0. The topological polar surface area (TPSA) is 18.5 Å². The summed E-state index contributed by atoms with van der Waals surface area (Å²) < 4.78 is 22.6. The van der Waals surface area contributed by atoms with Crippen LogP contribution >= 0.6 is 0 Å². The van der Waals surface area contributed by atoms with Gasteiger partial charge in [-0.2, -0.15) is 0 Å². The van der Waals surface area contributed by atoms with E-state index in [0.29, 0.717) is 0 Å². The van der Waals surface area contributed by atoms with Crippen molar-refractivity contribution in [3.63, 3.8) is 0 Å². The fourth-order valence-electron chi connectivity index (χ4n) is 0.0962. The molecular weight excluding hydrogens is 80.0 g/mol. The Balaban J connectivity index is 3.35. The second kappa shape index (κ2) is 3.12. The summed E-state index contributed by atoms with van der Waals surface area (Å²) in [6.07, 6.45) is -0.713. The molecule has 0 aromatic heterocycles. The molecule has 0 radical (unpaired) electrons. The van der Waals surface area contributed by atoms with Crippen molar-refractivity contribution in [3.8, 4) is 0 Å². The number of methoxy groups -OCH3 is 2. The molecule has 0 N–H and O–H groups in total. The largest absolute Gasteiger partial charge is 0.356 e. The van der Waals surface area contributed by atoms with Crippen molar-refractivity contribution in [2.24, 2.45) is 0 Å². The lowest BCUT2D eigenvalue weighted by Gasteiger charge is -2.03. The minimum absolute atomic E-state index is 0.713. The molecule has 0 aromatic carbocycles. The first kappa shape index (κ1) is 2.99. The average Bonchev–Trinajstić information content (AvgIpc) is 1.69. The van der Waals surface area contributed by atoms with Crippen LogP contribution in [0.2, 0.25) is 0 Å². The van der Waals surface area contributed by atoms with Gasteiger partial charge in [0.25, 0.3) is 0 Å². The first-order chi connectivity index (χ1) is 3.72. The van der Waals surface area contributed by atoms with E-state index < -0.39 is 13.2 Å². The molecule has 0 spiro atoms. The van der Waals surface area contributed by atoms with E-state index in [1.165, 1.54) is 14.2 Å². The van der Waals surface area contributed by atoms with Crippen LogP contribution in [0.1, 0.15) is 9.62 Å². The summed E-state index contributed by atoms with van der Waals surface area (Å²) in [5.74, 6) is 0. The van der Waals surface area contributed by atoms with Crippen molar-refractivity contribution in [1.29, 1.82) is 0 Å². The molecule has 0 heterocycles. The molecule has 2 nitrogen and oxygen atoms in total. The lowest BCUT2D eigenvalue weighted by atomic mass is 10.8. The van der Waals surface area contributed by atoms with Crippen LogP contribution in [-0.2, 0) is 9.47 Å². The first-order valence-electron chi connectivity index (χ1n) is 2.78. The highest BCUT2D eigenvalue weighted by atomic mass is 16.7. The second-order valence-corrected chi connectivity index (χ2v) is 0.840. The number of hydrogen-bond acceptors (Lipinski definition) is 2. The molecule has 0 saturated carbocycles. The van der Waals surface area contributed by atoms with E-state index in [-0.39, 0.29) is 0 Å². The third-order valence-corrected chi connectivity index (χ3v) is 0.465. The van der Waals surface area contributed by atoms with Gasteiger partial charge in [-0.3, -0.25) is 0 Å². The van der Waals surface area contributed by atoms with Gasteiger partial charge in [0.15, 0.2) is 6.29 Å². The third kappa shape index (κ3) is 2.18. The average molecular weight is 92.1 g/mol. The van der Waals surface area contributed by atoms with Crippen LogP contribution in [0.4, 0.5) is 0 Å². The molecule has 0 aliphatic carbocycles. The van der Waals surface area contributed by atoms with Crippen LogP contribution in [0, 0.1) is 0 Å². The van der Waals surface area contributed by atoms with Gasteiger partial charge in [-0.1, -0.05) is 0 Å². The molecule has 0 fully saturated rings. The fraction of sp³-hybridized carbons (Fsp3) is 1.00. The zero-order chi connectivity index (χ0) is 6.57. The first-order valence-corrected chi connectivity index (χ1v) is 1.62. The molecule has 0 unspecified atom stereocenters. The Morgan fingerprint density at radius 1 is 1.50 bits per heavy atom. The summed E-state index contributed by atoms with van der Waals surface area (Å²) in [6, 6.07) is 0. The molecule has 0 bridgehead atoms. The summed E-state index contributed by atoms with van der Waals surface area (Å²) in [5, 5.41) is 0. The van der Waals surface area contributed by atoms with Crippen molar-refractivity contribution in [2.75, 3.05) is 14.2 Å². The van der Waals surface area contributed by atoms with Crippen LogP contribution in [-0.4, -0.2) is 20.5 Å². The number of rotatable bonds is 2. The lowest BCUT2D eigenvalue weighted by Crippen LogP contribution is -2.05. The summed E-state index contributed by atoms with van der Waals surface area (Å²) in [6.45, 7) is -1.06. The predicted molar refractivity (Wildman–Crippen MR) is 23.5 cm³/mol. The molecule has 0 aliphatic rings. The van der Waals surface area contributed by atoms with Gasteiger partial charge in [0, 0.05) is 17.0 Å². The Morgan fingerprint density at radius 3 is 2.00 bits per heavy atom. The minimum Gasteiger partial charge on any atom is -0.356 e. The van der Waals surface area contributed by atoms with E-state index >= 15 is 0 Å². The van der Waals surface area contributed by atoms with Crippen molar-refractivity contribution >= 4 is 0 Å². The summed E-state index contributed by atoms with van der Waals surface area (Å²) in [4.78, 5) is 0. The van der Waals surface area contributed by atoms with Crippen molar-refractivity contribution < 1.29 is 12.2 Å². The number of ether oxygens (including phenoxy) is 2. The normalized spacial score (nSPS) is 15.3. The lowest BCUT2D eigenvalue weighted by molar-refractivity contribution is -0.0877. The highest BCUT2D eigenvalue weighted by molar-refractivity contribution is 4.17. The Kier molecular flexibility index (Phi) is 1.56. The zero-order valence-corrected chi connectivity index (χ0v) is 3.97. The standard InChI is InChI=1S/C4H10O2/c1-4(5-2)6-3/h4H,1-3H3/i1D2. The maximum Gasteiger partial charge on any atom is 0.154 e. The van der Waals surface area contributed by atoms with E-state index in [0.717, 1.165) is 0 Å². The summed E-state index contributed by atoms with van der Waals surface area (Å²) in [7, 11) is 2.81. The molecular formula is C4H10O2. The van der Waals surface area contributed by atoms with E-state index in [1.807, 2.05) is 0 Å². The van der Waals surface area contributed by atoms with E-state index in [2.05, 4.69) is 9.47 Å². The minimum atomic E-state index is -1.06. The van der Waals surface area contributed by atoms with Gasteiger partial charge in [0.2, 0.25) is 0 Å². The van der Waals surface area contributed by atoms with Gasteiger partial charge >= 0.3 is 0 Å². The Morgan fingerprint density at radius 2 is 2.00 bits per heavy atom. The molecule has 38 valence electrons. The van der Waals surface area contributed by atoms with Gasteiger partial charge in [-0.15, -0.1) is 0 Å². The molecule has 0 rings (SSSR count). The highest BCUT2D eigenvalue weighted by Gasteiger charge is 1.87. The second-order valence-electron chi connectivity index (χ2n) is 0.840. The Bertz CT molecular complexity index is 54.0. The molecule has 0 atom stereocenters. The van der Waals surface area contributed by atoms with Crippen LogP contribution in [0.3, 0.4) is 0 Å². The fourth-order valence-corrected chi connectivity index (χ4v) is 0.0962. The Labute approximate surface area is 40.9 Å². The van der Waals surface area contributed by atoms with Crippen LogP contribution < -0.4 is 0 Å². The maximum absolute atomic E-state index is 6.75. The molecule has 0 saturated heterocycles. The summed E-state index contributed by atoms with van der Waals surface area (Å²) in [5.41, 5.74) is 0. The monoisotopic (exact) mass is 92.1 g/mol. The Hall–Kier alpha value is -0.0800. The smallest absolute Gasteiger partial charge is 0.154 e. The van der Waals surface area contributed by atoms with E-state index in [1.54, 1.807) is 0 Å². The van der Waals surface area contributed by atoms with Crippen LogP contribution in [0.25, 0.3) is 0 Å². The van der Waals surface area contributed by atoms with Crippen LogP contribution in [0.5, 0.6) is 0 Å².